The Morgan fingerprint density at radius 1 is 1.19 bits per heavy atom. The van der Waals surface area contributed by atoms with Crippen LogP contribution in [0.4, 0.5) is 0 Å². The summed E-state index contributed by atoms with van der Waals surface area (Å²) in [5.41, 5.74) is 7.79. The van der Waals surface area contributed by atoms with Gasteiger partial charge in [-0.1, -0.05) is 51.6 Å². The van der Waals surface area contributed by atoms with Gasteiger partial charge in [0.25, 0.3) is 0 Å². The minimum absolute atomic E-state index is 0. The van der Waals surface area contributed by atoms with E-state index in [1.807, 2.05) is 20.9 Å². The second kappa shape index (κ2) is 14.0. The van der Waals surface area contributed by atoms with Gasteiger partial charge in [0, 0.05) is 7.05 Å². The van der Waals surface area contributed by atoms with Crippen LogP contribution in [0.1, 0.15) is 46.0 Å². The zero-order valence-electron chi connectivity index (χ0n) is 11.7. The smallest absolute Gasteiger partial charge is 0.429 e. The maximum absolute atomic E-state index is 5.85. The van der Waals surface area contributed by atoms with Crippen molar-refractivity contribution in [3.05, 3.63) is 25.2 Å². The van der Waals surface area contributed by atoms with E-state index in [-0.39, 0.29) is 65.6 Å². The predicted molar refractivity (Wildman–Crippen MR) is 68.3 cm³/mol. The van der Waals surface area contributed by atoms with Gasteiger partial charge < -0.3 is 18.2 Å². The molecule has 0 unspecified atom stereocenters. The van der Waals surface area contributed by atoms with Crippen molar-refractivity contribution in [3.63, 3.8) is 0 Å². The van der Waals surface area contributed by atoms with Crippen molar-refractivity contribution >= 4 is 0 Å². The summed E-state index contributed by atoms with van der Waals surface area (Å²) < 4.78 is 0. The summed E-state index contributed by atoms with van der Waals surface area (Å²) in [5, 5.41) is 1.64. The first-order chi connectivity index (χ1) is 6.72. The predicted octanol–water partition coefficient (Wildman–Crippen LogP) is -0.389. The van der Waals surface area contributed by atoms with E-state index >= 15 is 0 Å². The van der Waals surface area contributed by atoms with E-state index < -0.39 is 0 Å². The van der Waals surface area contributed by atoms with Crippen LogP contribution in [0.2, 0.25) is 0 Å². The molecule has 0 aromatic rings. The van der Waals surface area contributed by atoms with Crippen molar-refractivity contribution in [2.45, 2.75) is 46.0 Å². The Kier molecular flexibility index (Phi) is 19.5. The number of hydrazine groups is 1. The summed E-state index contributed by atoms with van der Waals surface area (Å²) in [6, 6.07) is 0. The number of nitrogens with zero attached hydrogens (tertiary/aromatic N) is 1. The molecule has 16 heavy (non-hydrogen) atoms. The van der Waals surface area contributed by atoms with Crippen LogP contribution in [-0.2, 0) is 0 Å². The van der Waals surface area contributed by atoms with Gasteiger partial charge in [0.05, 0.1) is 0 Å². The Bertz CT molecular complexity index is 179. The first-order valence-electron chi connectivity index (χ1n) is 5.52. The van der Waals surface area contributed by atoms with Gasteiger partial charge in [-0.25, -0.2) is 6.42 Å². The minimum atomic E-state index is 0. The molecule has 1 aliphatic rings. The zero-order valence-corrected chi connectivity index (χ0v) is 16.6. The quantitative estimate of drug-likeness (QED) is 0.394. The van der Waals surface area contributed by atoms with E-state index in [0.29, 0.717) is 0 Å². The Balaban J connectivity index is -0.000000399. The Morgan fingerprint density at radius 2 is 1.75 bits per heavy atom. The average Bonchev–Trinajstić information content (AvgIpc) is 2.14. The monoisotopic (exact) mass is 298 g/mol. The van der Waals surface area contributed by atoms with Gasteiger partial charge in [0.15, 0.2) is 0 Å². The van der Waals surface area contributed by atoms with E-state index in [9.17, 15) is 0 Å². The molecule has 0 saturated heterocycles. The fourth-order valence-electron chi connectivity index (χ4n) is 1.51. The Morgan fingerprint density at radius 3 is 2.25 bits per heavy atom. The number of hydrogen-bond acceptors (Lipinski definition) is 3. The third-order valence-corrected chi connectivity index (χ3v) is 2.24. The van der Waals surface area contributed by atoms with Gasteiger partial charge in [0.1, 0.15) is 0 Å². The Labute approximate surface area is 151 Å². The molecule has 0 amide bonds. The van der Waals surface area contributed by atoms with E-state index in [1.165, 1.54) is 19.3 Å². The summed E-state index contributed by atoms with van der Waals surface area (Å²) in [6.07, 6.45) is 7.91. The molecule has 1 aliphatic carbocycles. The molecule has 0 atom stereocenters. The fraction of sp³-hybridized carbons (Fsp3) is 0.667. The molecule has 0 heterocycles. The summed E-state index contributed by atoms with van der Waals surface area (Å²) in [5.74, 6) is 5.65. The van der Waals surface area contributed by atoms with Gasteiger partial charge in [-0.3, -0.25) is 5.84 Å². The van der Waals surface area contributed by atoms with Crippen LogP contribution >= 0.6 is 0 Å². The van der Waals surface area contributed by atoms with Crippen molar-refractivity contribution in [1.29, 1.82) is 0 Å². The van der Waals surface area contributed by atoms with Crippen LogP contribution in [0.5, 0.6) is 0 Å². The second-order valence-electron chi connectivity index (χ2n) is 3.32. The van der Waals surface area contributed by atoms with Gasteiger partial charge in [0.2, 0.25) is 0 Å². The molecule has 3 nitrogen and oxygen atoms in total. The van der Waals surface area contributed by atoms with Gasteiger partial charge >= 0.3 is 58.2 Å². The third-order valence-electron chi connectivity index (χ3n) is 2.24. The molecule has 4 N–H and O–H groups in total. The van der Waals surface area contributed by atoms with Crippen LogP contribution in [0.15, 0.2) is 11.4 Å². The molecule has 0 aliphatic heterocycles. The molecule has 0 radical (unpaired) electrons. The minimum Gasteiger partial charge on any atom is -0.429 e. The van der Waals surface area contributed by atoms with Crippen molar-refractivity contribution in [2.24, 2.45) is 11.6 Å². The molecule has 92 valence electrons. The van der Waals surface area contributed by atoms with Crippen LogP contribution in [0, 0.1) is 13.8 Å². The van der Waals surface area contributed by atoms with E-state index in [2.05, 4.69) is 6.42 Å². The largest absolute Gasteiger partial charge is 1.00 e. The fourth-order valence-corrected chi connectivity index (χ4v) is 1.51. The molecule has 1 rings (SSSR count). The number of allylic oxidation sites excluding steroid dienone is 2. The van der Waals surface area contributed by atoms with Gasteiger partial charge in [-0.2, -0.15) is 0 Å². The summed E-state index contributed by atoms with van der Waals surface area (Å²) in [4.78, 5) is 0. The molecule has 0 aromatic heterocycles. The summed E-state index contributed by atoms with van der Waals surface area (Å²) >= 11 is 0. The maximum Gasteiger partial charge on any atom is 1.00 e. The summed E-state index contributed by atoms with van der Waals surface area (Å²) in [7, 11) is 1.84. The standard InChI is InChI=1S/C9H18N3.C2H6.CH3.Rb/c1-12(11)9-7-5-3-2-4-6-8(9)10;1-2;;/h6H,2-5,7,10-11H2,1H3;1-2H3;1H3;/q-1;;-1;+1/b9-8-;;;. The van der Waals surface area contributed by atoms with E-state index in [0.717, 1.165) is 24.2 Å². The van der Waals surface area contributed by atoms with Crippen LogP contribution < -0.4 is 69.8 Å². The molecule has 0 aromatic carbocycles. The van der Waals surface area contributed by atoms with Gasteiger partial charge in [-0.15, -0.1) is 5.70 Å². The van der Waals surface area contributed by atoms with Crippen LogP contribution in [0.25, 0.3) is 0 Å². The molecule has 0 bridgehead atoms. The molecular weight excluding hydrogens is 272 g/mol. The maximum atomic E-state index is 5.85. The third kappa shape index (κ3) is 9.05. The van der Waals surface area contributed by atoms with Crippen molar-refractivity contribution < 1.29 is 58.2 Å². The summed E-state index contributed by atoms with van der Waals surface area (Å²) in [6.45, 7) is 4.00. The zero-order chi connectivity index (χ0) is 11.0. The molecule has 0 saturated carbocycles. The average molecular weight is 299 g/mol. The topological polar surface area (TPSA) is 55.3 Å². The van der Waals surface area contributed by atoms with Crippen LogP contribution in [0.3, 0.4) is 0 Å². The number of rotatable bonds is 1. The molecular formula is C12H27N3Rb-. The first kappa shape index (κ1) is 22.2. The SMILES string of the molecule is CC.CN(N)/C1=C(\N)[CH-]CCCCC1.[CH3-].[Rb+]. The van der Waals surface area contributed by atoms with E-state index in [4.69, 9.17) is 11.6 Å². The molecule has 4 heteroatoms. The normalized spacial score (nSPS) is 19.5. The number of nitrogens with two attached hydrogens (primary N) is 2. The van der Waals surface area contributed by atoms with Crippen molar-refractivity contribution in [1.82, 2.24) is 5.01 Å². The second-order valence-corrected chi connectivity index (χ2v) is 3.32. The first-order valence-corrected chi connectivity index (χ1v) is 5.52. The van der Waals surface area contributed by atoms with Gasteiger partial charge in [-0.05, 0) is 0 Å². The van der Waals surface area contributed by atoms with E-state index in [1.54, 1.807) is 5.01 Å². The number of hydrogen-bond donors (Lipinski definition) is 2. The van der Waals surface area contributed by atoms with Crippen molar-refractivity contribution in [2.75, 3.05) is 7.05 Å². The van der Waals surface area contributed by atoms with Crippen LogP contribution in [-0.4, -0.2) is 12.1 Å². The Hall–Kier alpha value is 0.975. The molecule has 0 fully saturated rings. The molecule has 0 spiro atoms. The van der Waals surface area contributed by atoms with Crippen molar-refractivity contribution in [3.8, 4) is 0 Å².